The Balaban J connectivity index is 1.85. The summed E-state index contributed by atoms with van der Waals surface area (Å²) in [5.74, 6) is 0.374. The Bertz CT molecular complexity index is 626. The van der Waals surface area contributed by atoms with E-state index in [-0.39, 0.29) is 0 Å². The molecular weight excluding hydrogens is 300 g/mol. The molecule has 2 aromatic carbocycles. The summed E-state index contributed by atoms with van der Waals surface area (Å²) in [7, 11) is 0. The first-order valence-electron chi connectivity index (χ1n) is 6.46. The Hall–Kier alpha value is -1.54. The molecule has 0 saturated carbocycles. The van der Waals surface area contributed by atoms with Gasteiger partial charge in [0, 0.05) is 4.47 Å². The lowest BCUT2D eigenvalue weighted by atomic mass is 9.87. The smallest absolute Gasteiger partial charge is 0.115 e. The fraction of sp³-hybridized carbons (Fsp3) is 0.176. The predicted molar refractivity (Wildman–Crippen MR) is 82.3 cm³/mol. The van der Waals surface area contributed by atoms with Crippen molar-refractivity contribution in [3.8, 4) is 5.75 Å². The number of benzene rings is 2. The van der Waals surface area contributed by atoms with Crippen LogP contribution in [0.5, 0.6) is 5.75 Å². The van der Waals surface area contributed by atoms with Gasteiger partial charge in [0.15, 0.2) is 0 Å². The van der Waals surface area contributed by atoms with E-state index >= 15 is 0 Å². The summed E-state index contributed by atoms with van der Waals surface area (Å²) in [6.07, 6.45) is 5.37. The van der Waals surface area contributed by atoms with E-state index in [0.29, 0.717) is 5.75 Å². The Kier molecular flexibility index (Phi) is 3.43. The van der Waals surface area contributed by atoms with Gasteiger partial charge in [-0.1, -0.05) is 45.8 Å². The van der Waals surface area contributed by atoms with Crippen LogP contribution in [0.2, 0.25) is 0 Å². The molecule has 0 fully saturated rings. The van der Waals surface area contributed by atoms with E-state index in [1.807, 2.05) is 12.1 Å². The molecular formula is C17H15BrO. The lowest BCUT2D eigenvalue weighted by Crippen LogP contribution is -2.05. The predicted octanol–water partition coefficient (Wildman–Crippen LogP) is 4.73. The maximum absolute atomic E-state index is 9.50. The molecule has 0 radical (unpaired) electrons. The monoisotopic (exact) mass is 314 g/mol. The molecule has 0 saturated heterocycles. The largest absolute Gasteiger partial charge is 0.508 e. The molecule has 96 valence electrons. The van der Waals surface area contributed by atoms with E-state index in [9.17, 15) is 5.11 Å². The molecule has 2 aromatic rings. The van der Waals surface area contributed by atoms with Crippen LogP contribution in [0.25, 0.3) is 6.08 Å². The number of halogens is 1. The molecule has 0 aliphatic heterocycles. The molecule has 1 nitrogen and oxygen atoms in total. The van der Waals surface area contributed by atoms with Crippen LogP contribution in [0.3, 0.4) is 0 Å². The zero-order valence-electron chi connectivity index (χ0n) is 10.6. The molecule has 1 aliphatic rings. The Labute approximate surface area is 121 Å². The van der Waals surface area contributed by atoms with Crippen molar-refractivity contribution in [3.05, 3.63) is 69.2 Å². The first kappa shape index (κ1) is 12.5. The highest BCUT2D eigenvalue weighted by molar-refractivity contribution is 9.10. The van der Waals surface area contributed by atoms with E-state index in [1.54, 1.807) is 6.07 Å². The number of aromatic hydroxyl groups is 1. The maximum Gasteiger partial charge on any atom is 0.115 e. The van der Waals surface area contributed by atoms with Crippen LogP contribution in [-0.4, -0.2) is 5.11 Å². The SMILES string of the molecule is Oc1ccc2c(c1)CCC(=Cc1ccc(Br)cc1)C2. The lowest BCUT2D eigenvalue weighted by molar-refractivity contribution is 0.474. The summed E-state index contributed by atoms with van der Waals surface area (Å²) >= 11 is 3.45. The van der Waals surface area contributed by atoms with Crippen LogP contribution in [0.4, 0.5) is 0 Å². The summed E-state index contributed by atoms with van der Waals surface area (Å²) in [6, 6.07) is 14.1. The molecule has 19 heavy (non-hydrogen) atoms. The highest BCUT2D eigenvalue weighted by Crippen LogP contribution is 2.29. The van der Waals surface area contributed by atoms with E-state index in [1.165, 1.54) is 22.3 Å². The Morgan fingerprint density at radius 1 is 0.947 bits per heavy atom. The summed E-state index contributed by atoms with van der Waals surface area (Å²) < 4.78 is 1.11. The van der Waals surface area contributed by atoms with E-state index in [2.05, 4.69) is 46.3 Å². The molecule has 0 heterocycles. The fourth-order valence-corrected chi connectivity index (χ4v) is 2.83. The number of allylic oxidation sites excluding steroid dienone is 1. The third kappa shape index (κ3) is 2.90. The normalized spacial score (nSPS) is 16.4. The minimum atomic E-state index is 0.374. The van der Waals surface area contributed by atoms with Crippen LogP contribution in [0.15, 0.2) is 52.5 Å². The summed E-state index contributed by atoms with van der Waals surface area (Å²) in [6.45, 7) is 0. The second-order valence-electron chi connectivity index (χ2n) is 4.98. The number of fused-ring (bicyclic) bond motifs is 1. The van der Waals surface area contributed by atoms with Gasteiger partial charge in [0.05, 0.1) is 0 Å². The number of phenols is 1. The van der Waals surface area contributed by atoms with E-state index in [4.69, 9.17) is 0 Å². The van der Waals surface area contributed by atoms with E-state index in [0.717, 1.165) is 23.7 Å². The van der Waals surface area contributed by atoms with Crippen molar-refractivity contribution in [3.63, 3.8) is 0 Å². The molecule has 2 heteroatoms. The van der Waals surface area contributed by atoms with Gasteiger partial charge in [-0.25, -0.2) is 0 Å². The average molecular weight is 315 g/mol. The van der Waals surface area contributed by atoms with Crippen molar-refractivity contribution in [1.82, 2.24) is 0 Å². The topological polar surface area (TPSA) is 20.2 Å². The molecule has 1 N–H and O–H groups in total. The summed E-state index contributed by atoms with van der Waals surface area (Å²) in [5, 5.41) is 9.50. The zero-order chi connectivity index (χ0) is 13.2. The van der Waals surface area contributed by atoms with E-state index < -0.39 is 0 Å². The number of rotatable bonds is 1. The van der Waals surface area contributed by atoms with Crippen LogP contribution < -0.4 is 0 Å². The maximum atomic E-state index is 9.50. The van der Waals surface area contributed by atoms with Crippen LogP contribution in [0.1, 0.15) is 23.1 Å². The van der Waals surface area contributed by atoms with Crippen LogP contribution >= 0.6 is 15.9 Å². The molecule has 3 rings (SSSR count). The van der Waals surface area contributed by atoms with Crippen molar-refractivity contribution < 1.29 is 5.11 Å². The second kappa shape index (κ2) is 5.22. The van der Waals surface area contributed by atoms with Gasteiger partial charge in [0.1, 0.15) is 5.75 Å². The number of aryl methyl sites for hydroxylation is 1. The summed E-state index contributed by atoms with van der Waals surface area (Å²) in [5.41, 5.74) is 5.33. The standard InChI is InChI=1S/C17H15BrO/c18-16-6-2-12(3-7-16)9-13-1-4-15-11-17(19)8-5-14(15)10-13/h2-3,5-9,11,19H,1,4,10H2. The highest BCUT2D eigenvalue weighted by Gasteiger charge is 2.13. The average Bonchev–Trinajstić information content (AvgIpc) is 2.42. The molecule has 0 amide bonds. The van der Waals surface area contributed by atoms with Gasteiger partial charge < -0.3 is 5.11 Å². The van der Waals surface area contributed by atoms with Gasteiger partial charge in [-0.05, 0) is 60.2 Å². The quantitative estimate of drug-likeness (QED) is 0.807. The molecule has 0 aromatic heterocycles. The Morgan fingerprint density at radius 2 is 1.74 bits per heavy atom. The first-order valence-corrected chi connectivity index (χ1v) is 7.26. The molecule has 0 atom stereocenters. The molecule has 0 spiro atoms. The number of phenolic OH excluding ortho intramolecular Hbond substituents is 1. The second-order valence-corrected chi connectivity index (χ2v) is 5.90. The van der Waals surface area contributed by atoms with Gasteiger partial charge in [0.2, 0.25) is 0 Å². The molecule has 1 aliphatic carbocycles. The Morgan fingerprint density at radius 3 is 2.53 bits per heavy atom. The fourth-order valence-electron chi connectivity index (χ4n) is 2.56. The van der Waals surface area contributed by atoms with Crippen molar-refractivity contribution in [2.45, 2.75) is 19.3 Å². The van der Waals surface area contributed by atoms with Crippen molar-refractivity contribution in [2.75, 3.05) is 0 Å². The lowest BCUT2D eigenvalue weighted by Gasteiger charge is -2.19. The third-order valence-electron chi connectivity index (χ3n) is 3.56. The van der Waals surface area contributed by atoms with Crippen molar-refractivity contribution in [2.24, 2.45) is 0 Å². The molecule has 0 bridgehead atoms. The van der Waals surface area contributed by atoms with Gasteiger partial charge in [-0.15, -0.1) is 0 Å². The van der Waals surface area contributed by atoms with Gasteiger partial charge in [0.25, 0.3) is 0 Å². The number of hydrogen-bond donors (Lipinski definition) is 1. The van der Waals surface area contributed by atoms with Crippen molar-refractivity contribution in [1.29, 1.82) is 0 Å². The third-order valence-corrected chi connectivity index (χ3v) is 4.09. The van der Waals surface area contributed by atoms with Crippen LogP contribution in [-0.2, 0) is 12.8 Å². The van der Waals surface area contributed by atoms with Gasteiger partial charge >= 0.3 is 0 Å². The number of hydrogen-bond acceptors (Lipinski definition) is 1. The molecule has 0 unspecified atom stereocenters. The minimum absolute atomic E-state index is 0.374. The zero-order valence-corrected chi connectivity index (χ0v) is 12.2. The summed E-state index contributed by atoms with van der Waals surface area (Å²) in [4.78, 5) is 0. The highest BCUT2D eigenvalue weighted by atomic mass is 79.9. The van der Waals surface area contributed by atoms with Crippen molar-refractivity contribution >= 4 is 22.0 Å². The minimum Gasteiger partial charge on any atom is -0.508 e. The van der Waals surface area contributed by atoms with Crippen LogP contribution in [0, 0.1) is 0 Å². The first-order chi connectivity index (χ1) is 9.20. The van der Waals surface area contributed by atoms with Gasteiger partial charge in [-0.3, -0.25) is 0 Å². The van der Waals surface area contributed by atoms with Gasteiger partial charge in [-0.2, -0.15) is 0 Å².